The topological polar surface area (TPSA) is 76.2 Å². The number of nitrogens with zero attached hydrogens (tertiary/aromatic N) is 2. The molecule has 0 fully saturated rings. The van der Waals surface area contributed by atoms with Crippen molar-refractivity contribution in [1.29, 1.82) is 0 Å². The van der Waals surface area contributed by atoms with Crippen LogP contribution >= 0.6 is 0 Å². The van der Waals surface area contributed by atoms with E-state index >= 15 is 0 Å². The van der Waals surface area contributed by atoms with Gasteiger partial charge in [0.05, 0.1) is 19.9 Å². The second-order valence-corrected chi connectivity index (χ2v) is 8.69. The van der Waals surface area contributed by atoms with Gasteiger partial charge in [-0.05, 0) is 54.3 Å². The lowest BCUT2D eigenvalue weighted by molar-refractivity contribution is 0.0610. The molecule has 0 atom stereocenters. The number of methoxy groups -OCH3 is 2. The molecule has 5 rings (SSSR count). The number of anilines is 1. The Morgan fingerprint density at radius 3 is 2.16 bits per heavy atom. The van der Waals surface area contributed by atoms with Gasteiger partial charge < -0.3 is 14.4 Å². The molecule has 0 radical (unpaired) electrons. The van der Waals surface area contributed by atoms with E-state index in [1.54, 1.807) is 61.6 Å². The summed E-state index contributed by atoms with van der Waals surface area (Å²) in [5.41, 5.74) is 2.09. The molecule has 0 saturated carbocycles. The van der Waals surface area contributed by atoms with Gasteiger partial charge in [-0.25, -0.2) is 0 Å². The number of carbonyl (C=O) groups excluding carboxylic acids is 3. The molecule has 0 spiro atoms. The monoisotopic (exact) mass is 494 g/mol. The predicted molar refractivity (Wildman–Crippen MR) is 142 cm³/mol. The van der Waals surface area contributed by atoms with Gasteiger partial charge in [-0.15, -0.1) is 0 Å². The number of para-hydroxylation sites is 2. The number of imide groups is 1. The summed E-state index contributed by atoms with van der Waals surface area (Å²) < 4.78 is 10.8. The van der Waals surface area contributed by atoms with E-state index in [2.05, 4.69) is 0 Å². The highest BCUT2D eigenvalue weighted by molar-refractivity contribution is 6.25. The second-order valence-electron chi connectivity index (χ2n) is 8.69. The summed E-state index contributed by atoms with van der Waals surface area (Å²) in [5, 5.41) is 1.56. The molecule has 0 N–H and O–H groups in total. The van der Waals surface area contributed by atoms with Crippen molar-refractivity contribution in [3.05, 3.63) is 102 Å². The van der Waals surface area contributed by atoms with E-state index in [-0.39, 0.29) is 30.8 Å². The van der Waals surface area contributed by atoms with Gasteiger partial charge in [0.2, 0.25) is 0 Å². The highest BCUT2D eigenvalue weighted by Gasteiger charge is 2.32. The predicted octanol–water partition coefficient (Wildman–Crippen LogP) is 5.19. The summed E-state index contributed by atoms with van der Waals surface area (Å²) in [5.74, 6) is 0.233. The molecule has 4 aromatic rings. The lowest BCUT2D eigenvalue weighted by Gasteiger charge is -2.29. The van der Waals surface area contributed by atoms with Crippen molar-refractivity contribution in [3.8, 4) is 11.5 Å². The third-order valence-electron chi connectivity index (χ3n) is 6.56. The number of ether oxygens (including phenoxy) is 2. The van der Waals surface area contributed by atoms with Crippen molar-refractivity contribution in [2.24, 2.45) is 0 Å². The Bertz CT molecular complexity index is 1460. The Balaban J connectivity index is 1.41. The van der Waals surface area contributed by atoms with Gasteiger partial charge in [0.15, 0.2) is 0 Å². The van der Waals surface area contributed by atoms with E-state index in [4.69, 9.17) is 9.47 Å². The Labute approximate surface area is 214 Å². The molecule has 0 saturated heterocycles. The molecule has 1 heterocycles. The summed E-state index contributed by atoms with van der Waals surface area (Å²) in [7, 11) is 3.10. The van der Waals surface area contributed by atoms with E-state index < -0.39 is 0 Å². The van der Waals surface area contributed by atoms with Crippen LogP contribution in [-0.2, 0) is 0 Å². The smallest absolute Gasteiger partial charge is 0.261 e. The van der Waals surface area contributed by atoms with Crippen molar-refractivity contribution in [1.82, 2.24) is 4.90 Å². The molecule has 186 valence electrons. The van der Waals surface area contributed by atoms with Crippen LogP contribution < -0.4 is 14.4 Å². The Kier molecular flexibility index (Phi) is 6.60. The molecule has 7 heteroatoms. The number of benzene rings is 4. The summed E-state index contributed by atoms with van der Waals surface area (Å²) in [6.07, 6.45) is 0.378. The van der Waals surface area contributed by atoms with Crippen molar-refractivity contribution in [2.75, 3.05) is 32.2 Å². The van der Waals surface area contributed by atoms with Crippen LogP contribution in [0.15, 0.2) is 84.9 Å². The number of carbonyl (C=O) groups is 3. The number of amides is 3. The Hall–Kier alpha value is -4.65. The van der Waals surface area contributed by atoms with Gasteiger partial charge in [0.1, 0.15) is 11.5 Å². The maximum atomic E-state index is 13.7. The van der Waals surface area contributed by atoms with Crippen LogP contribution in [0.4, 0.5) is 5.69 Å². The molecule has 7 nitrogen and oxygen atoms in total. The molecule has 37 heavy (non-hydrogen) atoms. The molecular weight excluding hydrogens is 468 g/mol. The van der Waals surface area contributed by atoms with Crippen LogP contribution in [0.2, 0.25) is 0 Å². The lowest BCUT2D eigenvalue weighted by atomic mass is 9.94. The van der Waals surface area contributed by atoms with Crippen LogP contribution in [0.5, 0.6) is 11.5 Å². The van der Waals surface area contributed by atoms with E-state index in [0.29, 0.717) is 45.7 Å². The van der Waals surface area contributed by atoms with Crippen LogP contribution in [0.1, 0.15) is 37.5 Å². The average molecular weight is 495 g/mol. The fraction of sp³-hybridized carbons (Fsp3) is 0.167. The fourth-order valence-electron chi connectivity index (χ4n) is 4.77. The number of hydrogen-bond donors (Lipinski definition) is 0. The molecule has 0 aliphatic carbocycles. The lowest BCUT2D eigenvalue weighted by Crippen LogP contribution is -2.42. The highest BCUT2D eigenvalue weighted by atomic mass is 16.5. The van der Waals surface area contributed by atoms with Crippen LogP contribution in [0, 0.1) is 0 Å². The fourth-order valence-corrected chi connectivity index (χ4v) is 4.77. The SMILES string of the molecule is COc1cccc(C(=O)N(CCCN2C(=O)c3cccc4cccc(c34)C2=O)c2ccccc2OC)c1. The molecule has 0 unspecified atom stereocenters. The van der Waals surface area contributed by atoms with Crippen LogP contribution in [0.25, 0.3) is 10.8 Å². The minimum Gasteiger partial charge on any atom is -0.497 e. The summed E-state index contributed by atoms with van der Waals surface area (Å²) >= 11 is 0. The molecule has 0 aromatic heterocycles. The van der Waals surface area contributed by atoms with Crippen LogP contribution in [-0.4, -0.2) is 49.9 Å². The zero-order valence-electron chi connectivity index (χ0n) is 20.6. The van der Waals surface area contributed by atoms with Gasteiger partial charge in [-0.3, -0.25) is 19.3 Å². The van der Waals surface area contributed by atoms with Crippen molar-refractivity contribution in [2.45, 2.75) is 6.42 Å². The summed E-state index contributed by atoms with van der Waals surface area (Å²) in [4.78, 5) is 43.1. The molecular formula is C30H26N2O5. The standard InChI is InChI=1S/C30H26N2O5/c1-36-22-12-5-11-21(19-22)28(33)31(25-15-3-4-16-26(25)37-2)17-8-18-32-29(34)23-13-6-9-20-10-7-14-24(27(20)23)30(32)35/h3-7,9-16,19H,8,17-18H2,1-2H3. The zero-order chi connectivity index (χ0) is 25.9. The van der Waals surface area contributed by atoms with Crippen molar-refractivity contribution in [3.63, 3.8) is 0 Å². The maximum Gasteiger partial charge on any atom is 0.261 e. The first-order valence-corrected chi connectivity index (χ1v) is 12.0. The van der Waals surface area contributed by atoms with E-state index in [1.807, 2.05) is 42.5 Å². The maximum absolute atomic E-state index is 13.7. The van der Waals surface area contributed by atoms with Crippen molar-refractivity contribution >= 4 is 34.2 Å². The van der Waals surface area contributed by atoms with Gasteiger partial charge in [0, 0.05) is 35.2 Å². The van der Waals surface area contributed by atoms with Gasteiger partial charge in [-0.1, -0.05) is 42.5 Å². The van der Waals surface area contributed by atoms with Crippen LogP contribution in [0.3, 0.4) is 0 Å². The van der Waals surface area contributed by atoms with E-state index in [1.165, 1.54) is 4.90 Å². The molecule has 0 bridgehead atoms. The molecule has 1 aliphatic heterocycles. The second kappa shape index (κ2) is 10.1. The first-order chi connectivity index (χ1) is 18.0. The van der Waals surface area contributed by atoms with Crippen molar-refractivity contribution < 1.29 is 23.9 Å². The summed E-state index contributed by atoms with van der Waals surface area (Å²) in [6.45, 7) is 0.429. The quantitative estimate of drug-likeness (QED) is 0.315. The first-order valence-electron chi connectivity index (χ1n) is 12.0. The Morgan fingerprint density at radius 1 is 0.811 bits per heavy atom. The first kappa shape index (κ1) is 24.1. The number of hydrogen-bond acceptors (Lipinski definition) is 5. The Morgan fingerprint density at radius 2 is 1.49 bits per heavy atom. The minimum atomic E-state index is -0.322. The normalized spacial score (nSPS) is 12.5. The third kappa shape index (κ3) is 4.40. The molecule has 4 aromatic carbocycles. The molecule has 3 amide bonds. The summed E-state index contributed by atoms with van der Waals surface area (Å²) in [6, 6.07) is 25.1. The largest absolute Gasteiger partial charge is 0.497 e. The van der Waals surface area contributed by atoms with E-state index in [9.17, 15) is 14.4 Å². The van der Waals surface area contributed by atoms with E-state index in [0.717, 1.165) is 5.39 Å². The zero-order valence-corrected chi connectivity index (χ0v) is 20.6. The average Bonchev–Trinajstić information content (AvgIpc) is 2.95. The highest BCUT2D eigenvalue weighted by Crippen LogP contribution is 2.32. The minimum absolute atomic E-state index is 0.166. The van der Waals surface area contributed by atoms with Gasteiger partial charge >= 0.3 is 0 Å². The van der Waals surface area contributed by atoms with Gasteiger partial charge in [0.25, 0.3) is 17.7 Å². The molecule has 1 aliphatic rings. The third-order valence-corrected chi connectivity index (χ3v) is 6.56. The van der Waals surface area contributed by atoms with Gasteiger partial charge in [-0.2, -0.15) is 0 Å². The number of rotatable bonds is 8.